The Kier molecular flexibility index (Phi) is 2.36. The van der Waals surface area contributed by atoms with E-state index >= 15 is 0 Å². The van der Waals surface area contributed by atoms with Gasteiger partial charge in [-0.3, -0.25) is 0 Å². The van der Waals surface area contributed by atoms with Crippen molar-refractivity contribution in [3.8, 4) is 0 Å². The lowest BCUT2D eigenvalue weighted by Crippen LogP contribution is -2.49. The van der Waals surface area contributed by atoms with Crippen LogP contribution in [0.25, 0.3) is 0 Å². The van der Waals surface area contributed by atoms with Crippen LogP contribution >= 0.6 is 0 Å². The fraction of sp³-hybridized carbons (Fsp3) is 0.588. The molecule has 18 heavy (non-hydrogen) atoms. The van der Waals surface area contributed by atoms with Crippen molar-refractivity contribution in [1.82, 2.24) is 0 Å². The van der Waals surface area contributed by atoms with Gasteiger partial charge in [0.2, 0.25) is 5.78 Å². The molecule has 5 aliphatic carbocycles. The summed E-state index contributed by atoms with van der Waals surface area (Å²) in [5.41, 5.74) is 0.784. The molecule has 4 saturated carbocycles. The number of hydrogen-bond donors (Lipinski definition) is 0. The highest BCUT2D eigenvalue weighted by atomic mass is 16.4. The summed E-state index contributed by atoms with van der Waals surface area (Å²) in [7, 11) is 0. The predicted molar refractivity (Wildman–Crippen MR) is 71.9 cm³/mol. The van der Waals surface area contributed by atoms with Crippen molar-refractivity contribution in [2.24, 2.45) is 23.7 Å². The fourth-order valence-electron chi connectivity index (χ4n) is 4.80. The first-order valence-electron chi connectivity index (χ1n) is 7.31. The Morgan fingerprint density at radius 1 is 0.889 bits per heavy atom. The molecule has 0 radical (unpaired) electrons. The first-order valence-corrected chi connectivity index (χ1v) is 7.31. The van der Waals surface area contributed by atoms with E-state index in [1.165, 1.54) is 32.1 Å². The van der Waals surface area contributed by atoms with E-state index in [2.05, 4.69) is 0 Å². The lowest BCUT2D eigenvalue weighted by molar-refractivity contribution is -0.536. The molecule has 0 amide bonds. The highest BCUT2D eigenvalue weighted by Crippen LogP contribution is 2.54. The van der Waals surface area contributed by atoms with Crippen LogP contribution < -0.4 is 0 Å². The second-order valence-corrected chi connectivity index (χ2v) is 6.55. The summed E-state index contributed by atoms with van der Waals surface area (Å²) in [5.74, 6) is 4.48. The average molecular weight is 240 g/mol. The van der Waals surface area contributed by atoms with Gasteiger partial charge in [-0.25, -0.2) is 6.58 Å². The van der Waals surface area contributed by atoms with Gasteiger partial charge in [0.1, 0.15) is 0 Å². The van der Waals surface area contributed by atoms with Gasteiger partial charge in [-0.1, -0.05) is 11.6 Å². The normalized spacial score (nSPS) is 47.2. The topological polar surface area (TPSA) is 11.3 Å². The minimum atomic E-state index is 0.433. The van der Waals surface area contributed by atoms with Gasteiger partial charge in [-0.15, -0.1) is 6.08 Å². The van der Waals surface area contributed by atoms with Crippen LogP contribution in [0.2, 0.25) is 0 Å². The maximum Gasteiger partial charge on any atom is 0.262 e. The molecule has 0 aliphatic heterocycles. The molecule has 4 fully saturated rings. The zero-order valence-electron chi connectivity index (χ0n) is 10.7. The molecular weight excluding hydrogens is 220 g/mol. The minimum Gasteiger partial charge on any atom is -0.310 e. The third kappa shape index (κ3) is 1.64. The van der Waals surface area contributed by atoms with Crippen LogP contribution in [0.15, 0.2) is 29.9 Å². The minimum absolute atomic E-state index is 0.433. The Morgan fingerprint density at radius 3 is 2.11 bits per heavy atom. The van der Waals surface area contributed by atoms with Crippen molar-refractivity contribution < 1.29 is 4.42 Å². The molecule has 5 aliphatic rings. The highest BCUT2D eigenvalue weighted by molar-refractivity contribution is 6.06. The van der Waals surface area contributed by atoms with Gasteiger partial charge in [0.25, 0.3) is 6.10 Å². The van der Waals surface area contributed by atoms with E-state index in [9.17, 15) is 0 Å². The summed E-state index contributed by atoms with van der Waals surface area (Å²) >= 11 is 0. The smallest absolute Gasteiger partial charge is 0.262 e. The van der Waals surface area contributed by atoms with Gasteiger partial charge in [0, 0.05) is 11.8 Å². The number of hydrogen-bond acceptors (Lipinski definition) is 0. The molecule has 1 nitrogen and oxygen atoms in total. The number of allylic oxidation sites excluding steroid dienone is 5. The first-order chi connectivity index (χ1) is 8.79. The summed E-state index contributed by atoms with van der Waals surface area (Å²) < 4.78 is 6.30. The molecule has 0 heterocycles. The van der Waals surface area contributed by atoms with Crippen LogP contribution in [0.4, 0.5) is 0 Å². The van der Waals surface area contributed by atoms with Crippen LogP contribution in [0.5, 0.6) is 0 Å². The quantitative estimate of drug-likeness (QED) is 0.378. The Balaban J connectivity index is 1.62. The molecule has 0 aromatic heterocycles. The van der Waals surface area contributed by atoms with Crippen molar-refractivity contribution in [3.05, 3.63) is 36.5 Å². The molecule has 0 saturated heterocycles. The van der Waals surface area contributed by atoms with Gasteiger partial charge in [-0.05, 0) is 50.0 Å². The van der Waals surface area contributed by atoms with Crippen molar-refractivity contribution in [2.75, 3.05) is 0 Å². The van der Waals surface area contributed by atoms with E-state index in [0.29, 0.717) is 6.10 Å². The van der Waals surface area contributed by atoms with Crippen LogP contribution in [-0.2, 0) is 4.42 Å². The fourth-order valence-corrected chi connectivity index (χ4v) is 4.80. The second kappa shape index (κ2) is 3.94. The number of rotatable bonds is 1. The van der Waals surface area contributed by atoms with Crippen LogP contribution in [0.1, 0.15) is 32.1 Å². The lowest BCUT2D eigenvalue weighted by atomic mass is 9.55. The molecule has 0 unspecified atom stereocenters. The molecule has 0 spiro atoms. The molecule has 4 bridgehead atoms. The maximum atomic E-state index is 6.30. The Bertz CT molecular complexity index is 438. The Hall–Kier alpha value is -1.11. The van der Waals surface area contributed by atoms with Crippen LogP contribution in [0, 0.1) is 30.3 Å². The monoisotopic (exact) mass is 240 g/mol. The maximum absolute atomic E-state index is 6.30. The van der Waals surface area contributed by atoms with Gasteiger partial charge in [0.05, 0.1) is 0 Å². The van der Waals surface area contributed by atoms with Crippen molar-refractivity contribution in [1.29, 1.82) is 0 Å². The molecule has 0 N–H and O–H groups in total. The third-order valence-corrected chi connectivity index (χ3v) is 5.32. The predicted octanol–water partition coefficient (Wildman–Crippen LogP) is 3.40. The Morgan fingerprint density at radius 2 is 1.50 bits per heavy atom. The number of carbonyl (C=O) groups excluding carboxylic acids is 1. The van der Waals surface area contributed by atoms with Crippen molar-refractivity contribution >= 4 is 5.78 Å². The molecule has 1 heteroatoms. The van der Waals surface area contributed by atoms with Crippen LogP contribution in [-0.4, -0.2) is 11.9 Å². The second-order valence-electron chi connectivity index (χ2n) is 6.55. The van der Waals surface area contributed by atoms with E-state index in [0.717, 1.165) is 35.0 Å². The zero-order valence-corrected chi connectivity index (χ0v) is 10.7. The largest absolute Gasteiger partial charge is 0.310 e. The molecule has 0 atom stereocenters. The Labute approximate surface area is 109 Å². The summed E-state index contributed by atoms with van der Waals surface area (Å²) in [6.07, 6.45) is 15.4. The first kappa shape index (κ1) is 10.8. The molecule has 5 rings (SSSR count). The summed E-state index contributed by atoms with van der Waals surface area (Å²) in [5, 5.41) is 0. The van der Waals surface area contributed by atoms with E-state index in [4.69, 9.17) is 11.0 Å². The molecule has 0 aromatic rings. The van der Waals surface area contributed by atoms with Crippen molar-refractivity contribution in [2.45, 2.75) is 38.2 Å². The number of ketones is 1. The van der Waals surface area contributed by atoms with Gasteiger partial charge in [-0.2, -0.15) is 6.08 Å². The summed E-state index contributed by atoms with van der Waals surface area (Å²) in [4.78, 5) is 0. The zero-order chi connectivity index (χ0) is 12.1. The van der Waals surface area contributed by atoms with E-state index in [-0.39, 0.29) is 0 Å². The molecule has 94 valence electrons. The van der Waals surface area contributed by atoms with Gasteiger partial charge < -0.3 is 4.42 Å². The lowest BCUT2D eigenvalue weighted by Gasteiger charge is -2.49. The SMILES string of the molecule is [CH-]=C1C=CC=CC1=[O+]C1C2CC3CC(C2)CC1C3. The third-order valence-electron chi connectivity index (χ3n) is 5.32. The molecular formula is C17H20O. The van der Waals surface area contributed by atoms with E-state index in [1.54, 1.807) is 0 Å². The standard InChI is InChI=1S/C17H20O/c1-11-4-2-3-5-16(11)18-17-14-7-12-6-13(9-14)10-15(17)8-12/h1-5,12-15,17H,6-10H2. The molecule has 0 aromatic carbocycles. The summed E-state index contributed by atoms with van der Waals surface area (Å²) in [6, 6.07) is 0. The van der Waals surface area contributed by atoms with E-state index in [1.807, 2.05) is 24.3 Å². The van der Waals surface area contributed by atoms with Gasteiger partial charge >= 0.3 is 0 Å². The van der Waals surface area contributed by atoms with Gasteiger partial charge in [0.15, 0.2) is 0 Å². The average Bonchev–Trinajstić information content (AvgIpc) is 2.35. The van der Waals surface area contributed by atoms with E-state index < -0.39 is 0 Å². The summed E-state index contributed by atoms with van der Waals surface area (Å²) in [6.45, 7) is 6.00. The van der Waals surface area contributed by atoms with Crippen LogP contribution in [0.3, 0.4) is 0 Å². The highest BCUT2D eigenvalue weighted by Gasteiger charge is 2.53. The van der Waals surface area contributed by atoms with Crippen molar-refractivity contribution in [3.63, 3.8) is 0 Å².